The minimum atomic E-state index is -0.200. The number of hydrogen-bond acceptors (Lipinski definition) is 3. The number of carbonyl (C=O) groups is 2. The van der Waals surface area contributed by atoms with Gasteiger partial charge in [0.1, 0.15) is 0 Å². The SMILES string of the molecule is COC(=O)CCCc1ccc(C(=O)C=Cc2ccc(Cl)cc2)cc1. The van der Waals surface area contributed by atoms with E-state index < -0.39 is 0 Å². The Balaban J connectivity index is 1.91. The Morgan fingerprint density at radius 3 is 2.33 bits per heavy atom. The maximum absolute atomic E-state index is 12.2. The molecule has 0 aliphatic rings. The number of ether oxygens (including phenoxy) is 1. The summed E-state index contributed by atoms with van der Waals surface area (Å²) in [7, 11) is 1.39. The van der Waals surface area contributed by atoms with Gasteiger partial charge in [0.25, 0.3) is 0 Å². The summed E-state index contributed by atoms with van der Waals surface area (Å²) in [6.45, 7) is 0. The van der Waals surface area contributed by atoms with E-state index in [0.717, 1.165) is 24.0 Å². The number of ketones is 1. The minimum absolute atomic E-state index is 0.0499. The molecule has 0 spiro atoms. The average molecular weight is 343 g/mol. The number of rotatable bonds is 7. The summed E-state index contributed by atoms with van der Waals surface area (Å²) >= 11 is 5.83. The van der Waals surface area contributed by atoms with Gasteiger partial charge in [0.15, 0.2) is 5.78 Å². The van der Waals surface area contributed by atoms with Gasteiger partial charge in [-0.05, 0) is 42.2 Å². The Morgan fingerprint density at radius 1 is 1.04 bits per heavy atom. The zero-order valence-electron chi connectivity index (χ0n) is 13.5. The number of halogens is 1. The molecule has 2 aromatic carbocycles. The molecule has 2 aromatic rings. The van der Waals surface area contributed by atoms with E-state index in [0.29, 0.717) is 17.0 Å². The van der Waals surface area contributed by atoms with Gasteiger partial charge in [-0.1, -0.05) is 54.1 Å². The Kier molecular flexibility index (Phi) is 6.76. The molecule has 0 saturated carbocycles. The topological polar surface area (TPSA) is 43.4 Å². The van der Waals surface area contributed by atoms with Gasteiger partial charge in [-0.2, -0.15) is 0 Å². The van der Waals surface area contributed by atoms with Crippen molar-refractivity contribution in [1.82, 2.24) is 0 Å². The average Bonchev–Trinajstić information content (AvgIpc) is 2.61. The largest absolute Gasteiger partial charge is 0.469 e. The fraction of sp³-hybridized carbons (Fsp3) is 0.200. The maximum atomic E-state index is 12.2. The molecule has 24 heavy (non-hydrogen) atoms. The van der Waals surface area contributed by atoms with Crippen LogP contribution in [0.15, 0.2) is 54.6 Å². The van der Waals surface area contributed by atoms with Crippen molar-refractivity contribution in [2.75, 3.05) is 7.11 Å². The molecule has 4 heteroatoms. The van der Waals surface area contributed by atoms with Gasteiger partial charge in [0.05, 0.1) is 7.11 Å². The highest BCUT2D eigenvalue weighted by atomic mass is 35.5. The van der Waals surface area contributed by atoms with Crippen molar-refractivity contribution >= 4 is 29.4 Å². The first-order chi connectivity index (χ1) is 11.6. The van der Waals surface area contributed by atoms with Crippen molar-refractivity contribution in [1.29, 1.82) is 0 Å². The van der Waals surface area contributed by atoms with Gasteiger partial charge in [-0.15, -0.1) is 0 Å². The number of hydrogen-bond donors (Lipinski definition) is 0. The molecule has 0 saturated heterocycles. The highest BCUT2D eigenvalue weighted by molar-refractivity contribution is 6.30. The molecule has 0 fully saturated rings. The number of methoxy groups -OCH3 is 1. The molecular weight excluding hydrogens is 324 g/mol. The summed E-state index contributed by atoms with van der Waals surface area (Å²) < 4.78 is 4.61. The third-order valence-electron chi connectivity index (χ3n) is 3.61. The first-order valence-electron chi connectivity index (χ1n) is 7.72. The molecule has 124 valence electrons. The molecule has 0 aliphatic carbocycles. The quantitative estimate of drug-likeness (QED) is 0.415. The monoisotopic (exact) mass is 342 g/mol. The fourth-order valence-electron chi connectivity index (χ4n) is 2.22. The molecule has 0 bridgehead atoms. The van der Waals surface area contributed by atoms with Gasteiger partial charge < -0.3 is 4.74 Å². The summed E-state index contributed by atoms with van der Waals surface area (Å²) in [5.41, 5.74) is 2.65. The fourth-order valence-corrected chi connectivity index (χ4v) is 2.34. The van der Waals surface area contributed by atoms with Crippen molar-refractivity contribution in [3.63, 3.8) is 0 Å². The molecule has 0 radical (unpaired) electrons. The van der Waals surface area contributed by atoms with Crippen LogP contribution in [0.5, 0.6) is 0 Å². The van der Waals surface area contributed by atoms with Crippen molar-refractivity contribution < 1.29 is 14.3 Å². The Labute approximate surface area is 146 Å². The molecule has 0 aromatic heterocycles. The standard InChI is InChI=1S/C20H19ClO3/c1-24-20(23)4-2-3-15-5-10-17(11-6-15)19(22)14-9-16-7-12-18(21)13-8-16/h5-14H,2-4H2,1H3. The lowest BCUT2D eigenvalue weighted by Gasteiger charge is -2.02. The first kappa shape index (κ1) is 18.0. The Morgan fingerprint density at radius 2 is 1.71 bits per heavy atom. The molecule has 0 aliphatic heterocycles. The number of benzene rings is 2. The van der Waals surface area contributed by atoms with Crippen LogP contribution in [0.1, 0.15) is 34.3 Å². The van der Waals surface area contributed by atoms with Crippen LogP contribution in [0.25, 0.3) is 6.08 Å². The molecule has 2 rings (SSSR count). The van der Waals surface area contributed by atoms with Crippen molar-refractivity contribution in [3.05, 3.63) is 76.3 Å². The Bertz CT molecular complexity index is 716. The molecule has 0 heterocycles. The van der Waals surface area contributed by atoms with Crippen molar-refractivity contribution in [2.45, 2.75) is 19.3 Å². The zero-order chi connectivity index (χ0) is 17.4. The summed E-state index contributed by atoms with van der Waals surface area (Å²) in [6, 6.07) is 14.7. The van der Waals surface area contributed by atoms with Gasteiger partial charge in [0, 0.05) is 17.0 Å². The van der Waals surface area contributed by atoms with Gasteiger partial charge in [-0.25, -0.2) is 0 Å². The lowest BCUT2D eigenvalue weighted by Crippen LogP contribution is -2.00. The van der Waals surface area contributed by atoms with E-state index in [1.165, 1.54) is 7.11 Å². The lowest BCUT2D eigenvalue weighted by molar-refractivity contribution is -0.140. The highest BCUT2D eigenvalue weighted by Gasteiger charge is 2.04. The lowest BCUT2D eigenvalue weighted by atomic mass is 10.0. The van der Waals surface area contributed by atoms with Gasteiger partial charge in [-0.3, -0.25) is 9.59 Å². The summed E-state index contributed by atoms with van der Waals surface area (Å²) in [5.74, 6) is -0.250. The van der Waals surface area contributed by atoms with Gasteiger partial charge in [0.2, 0.25) is 0 Å². The molecule has 0 N–H and O–H groups in total. The van der Waals surface area contributed by atoms with Crippen LogP contribution in [0.3, 0.4) is 0 Å². The van der Waals surface area contributed by atoms with E-state index in [9.17, 15) is 9.59 Å². The normalized spacial score (nSPS) is 10.8. The number of esters is 1. The van der Waals surface area contributed by atoms with Crippen LogP contribution >= 0.6 is 11.6 Å². The summed E-state index contributed by atoms with van der Waals surface area (Å²) in [4.78, 5) is 23.2. The predicted molar refractivity (Wildman–Crippen MR) is 96.2 cm³/mol. The van der Waals surface area contributed by atoms with Crippen LogP contribution in [0.4, 0.5) is 0 Å². The second-order valence-electron chi connectivity index (χ2n) is 5.38. The van der Waals surface area contributed by atoms with E-state index >= 15 is 0 Å². The van der Waals surface area contributed by atoms with Crippen molar-refractivity contribution in [3.8, 4) is 0 Å². The summed E-state index contributed by atoms with van der Waals surface area (Å²) in [6.07, 6.45) is 5.24. The minimum Gasteiger partial charge on any atom is -0.469 e. The smallest absolute Gasteiger partial charge is 0.305 e. The summed E-state index contributed by atoms with van der Waals surface area (Å²) in [5, 5.41) is 0.668. The second kappa shape index (κ2) is 9.04. The second-order valence-corrected chi connectivity index (χ2v) is 5.81. The molecule has 3 nitrogen and oxygen atoms in total. The van der Waals surface area contributed by atoms with Gasteiger partial charge >= 0.3 is 5.97 Å². The van der Waals surface area contributed by atoms with E-state index in [4.69, 9.17) is 11.6 Å². The van der Waals surface area contributed by atoms with Crippen LogP contribution < -0.4 is 0 Å². The molecule has 0 unspecified atom stereocenters. The molecular formula is C20H19ClO3. The number of aryl methyl sites for hydroxylation is 1. The Hall–Kier alpha value is -2.39. The number of carbonyl (C=O) groups excluding carboxylic acids is 2. The van der Waals surface area contributed by atoms with Crippen LogP contribution in [-0.2, 0) is 16.0 Å². The van der Waals surface area contributed by atoms with E-state index in [1.54, 1.807) is 24.3 Å². The number of allylic oxidation sites excluding steroid dienone is 1. The molecule has 0 amide bonds. The molecule has 0 atom stereocenters. The third-order valence-corrected chi connectivity index (χ3v) is 3.86. The predicted octanol–water partition coefficient (Wildman–Crippen LogP) is 4.73. The highest BCUT2D eigenvalue weighted by Crippen LogP contribution is 2.12. The van der Waals surface area contributed by atoms with Crippen LogP contribution in [0.2, 0.25) is 5.02 Å². The van der Waals surface area contributed by atoms with Crippen LogP contribution in [-0.4, -0.2) is 18.9 Å². The van der Waals surface area contributed by atoms with E-state index in [-0.39, 0.29) is 11.8 Å². The maximum Gasteiger partial charge on any atom is 0.305 e. The third kappa shape index (κ3) is 5.67. The zero-order valence-corrected chi connectivity index (χ0v) is 14.3. The van der Waals surface area contributed by atoms with Crippen molar-refractivity contribution in [2.24, 2.45) is 0 Å². The van der Waals surface area contributed by atoms with E-state index in [1.807, 2.05) is 36.4 Å². The first-order valence-corrected chi connectivity index (χ1v) is 8.10. The van der Waals surface area contributed by atoms with E-state index in [2.05, 4.69) is 4.74 Å². The van der Waals surface area contributed by atoms with Crippen LogP contribution in [0, 0.1) is 0 Å².